The molecular weight excluding hydrogens is 374 g/mol. The summed E-state index contributed by atoms with van der Waals surface area (Å²) in [6, 6.07) is 18.6. The van der Waals surface area contributed by atoms with Gasteiger partial charge in [-0.1, -0.05) is 48.5 Å². The van der Waals surface area contributed by atoms with Crippen molar-refractivity contribution < 1.29 is 9.59 Å². The predicted molar refractivity (Wildman–Crippen MR) is 113 cm³/mol. The fourth-order valence-corrected chi connectivity index (χ4v) is 3.72. The summed E-state index contributed by atoms with van der Waals surface area (Å²) >= 11 is 0. The van der Waals surface area contributed by atoms with E-state index in [0.29, 0.717) is 24.6 Å². The molecular formula is C22H28ClN3O2. The van der Waals surface area contributed by atoms with E-state index in [-0.39, 0.29) is 42.7 Å². The maximum Gasteiger partial charge on any atom is 0.251 e. The third kappa shape index (κ3) is 5.33. The third-order valence-electron chi connectivity index (χ3n) is 5.24. The van der Waals surface area contributed by atoms with E-state index < -0.39 is 0 Å². The summed E-state index contributed by atoms with van der Waals surface area (Å²) in [5, 5.41) is 3.03. The van der Waals surface area contributed by atoms with Crippen LogP contribution in [0, 0.1) is 5.92 Å². The van der Waals surface area contributed by atoms with Crippen molar-refractivity contribution in [2.24, 2.45) is 11.7 Å². The standard InChI is InChI=1S/C22H27N3O2.ClH/c1-16-12-17(14-23)15-25(16)21(26)13-20(18-8-4-2-5-9-18)24-22(27)19-10-6-3-7-11-19;/h2-11,16-17,20H,12-15,23H2,1H3,(H,24,27);1H. The molecule has 0 aliphatic carbocycles. The van der Waals surface area contributed by atoms with Gasteiger partial charge in [-0.15, -0.1) is 12.4 Å². The minimum atomic E-state index is -0.365. The number of nitrogens with two attached hydrogens (primary N) is 1. The molecule has 5 nitrogen and oxygen atoms in total. The van der Waals surface area contributed by atoms with Gasteiger partial charge in [0.05, 0.1) is 12.5 Å². The highest BCUT2D eigenvalue weighted by atomic mass is 35.5. The van der Waals surface area contributed by atoms with Crippen LogP contribution in [-0.2, 0) is 4.79 Å². The molecule has 2 aromatic rings. The number of halogens is 1. The molecule has 1 heterocycles. The molecule has 0 bridgehead atoms. The topological polar surface area (TPSA) is 75.4 Å². The van der Waals surface area contributed by atoms with Crippen LogP contribution in [0.15, 0.2) is 60.7 Å². The molecule has 1 fully saturated rings. The number of carbonyl (C=O) groups excluding carboxylic acids is 2. The lowest BCUT2D eigenvalue weighted by Gasteiger charge is -2.25. The van der Waals surface area contributed by atoms with E-state index in [9.17, 15) is 9.59 Å². The fourth-order valence-electron chi connectivity index (χ4n) is 3.72. The van der Waals surface area contributed by atoms with Crippen molar-refractivity contribution >= 4 is 24.2 Å². The second kappa shape index (κ2) is 10.2. The Morgan fingerprint density at radius 3 is 2.29 bits per heavy atom. The van der Waals surface area contributed by atoms with Crippen LogP contribution in [0.4, 0.5) is 0 Å². The summed E-state index contributed by atoms with van der Waals surface area (Å²) in [4.78, 5) is 27.5. The molecule has 1 aliphatic rings. The number of likely N-dealkylation sites (tertiary alicyclic amines) is 1. The van der Waals surface area contributed by atoms with E-state index in [1.54, 1.807) is 12.1 Å². The average Bonchev–Trinajstić information content (AvgIpc) is 3.09. The zero-order chi connectivity index (χ0) is 19.2. The van der Waals surface area contributed by atoms with Gasteiger partial charge in [0.15, 0.2) is 0 Å². The molecule has 0 aromatic heterocycles. The first-order valence-corrected chi connectivity index (χ1v) is 9.49. The Morgan fingerprint density at radius 2 is 1.71 bits per heavy atom. The van der Waals surface area contributed by atoms with Crippen LogP contribution in [0.5, 0.6) is 0 Å². The van der Waals surface area contributed by atoms with Crippen LogP contribution in [0.3, 0.4) is 0 Å². The van der Waals surface area contributed by atoms with Gasteiger partial charge in [0.25, 0.3) is 5.91 Å². The molecule has 0 saturated carbocycles. The van der Waals surface area contributed by atoms with Crippen molar-refractivity contribution in [1.82, 2.24) is 10.2 Å². The van der Waals surface area contributed by atoms with Crippen LogP contribution in [0.1, 0.15) is 41.7 Å². The van der Waals surface area contributed by atoms with E-state index in [1.807, 2.05) is 53.4 Å². The highest BCUT2D eigenvalue weighted by molar-refractivity contribution is 5.94. The molecule has 0 spiro atoms. The van der Waals surface area contributed by atoms with Crippen molar-refractivity contribution in [2.75, 3.05) is 13.1 Å². The summed E-state index contributed by atoms with van der Waals surface area (Å²) in [6.07, 6.45) is 1.18. The maximum absolute atomic E-state index is 13.0. The number of nitrogens with zero attached hydrogens (tertiary/aromatic N) is 1. The third-order valence-corrected chi connectivity index (χ3v) is 5.24. The monoisotopic (exact) mass is 401 g/mol. The number of benzene rings is 2. The van der Waals surface area contributed by atoms with Gasteiger partial charge in [0, 0.05) is 18.2 Å². The van der Waals surface area contributed by atoms with Gasteiger partial charge < -0.3 is 16.0 Å². The summed E-state index contributed by atoms with van der Waals surface area (Å²) in [6.45, 7) is 3.36. The van der Waals surface area contributed by atoms with E-state index in [2.05, 4.69) is 12.2 Å². The van der Waals surface area contributed by atoms with E-state index >= 15 is 0 Å². The van der Waals surface area contributed by atoms with E-state index in [0.717, 1.165) is 12.0 Å². The lowest BCUT2D eigenvalue weighted by molar-refractivity contribution is -0.132. The summed E-state index contributed by atoms with van der Waals surface area (Å²) in [5.41, 5.74) is 7.30. The zero-order valence-corrected chi connectivity index (χ0v) is 16.9. The normalized spacial score (nSPS) is 19.6. The average molecular weight is 402 g/mol. The van der Waals surface area contributed by atoms with Crippen LogP contribution >= 0.6 is 12.4 Å². The van der Waals surface area contributed by atoms with Gasteiger partial charge in [-0.25, -0.2) is 0 Å². The lowest BCUT2D eigenvalue weighted by atomic mass is 10.0. The second-order valence-corrected chi connectivity index (χ2v) is 7.24. The van der Waals surface area contributed by atoms with Gasteiger partial charge >= 0.3 is 0 Å². The smallest absolute Gasteiger partial charge is 0.251 e. The molecule has 1 saturated heterocycles. The maximum atomic E-state index is 13.0. The van der Waals surface area contributed by atoms with Crippen LogP contribution < -0.4 is 11.1 Å². The number of rotatable bonds is 6. The van der Waals surface area contributed by atoms with Crippen molar-refractivity contribution in [2.45, 2.75) is 31.8 Å². The molecule has 2 aromatic carbocycles. The predicted octanol–water partition coefficient (Wildman–Crippen LogP) is 3.17. The zero-order valence-electron chi connectivity index (χ0n) is 16.1. The number of carbonyl (C=O) groups is 2. The highest BCUT2D eigenvalue weighted by Crippen LogP contribution is 2.26. The van der Waals surface area contributed by atoms with Gasteiger partial charge in [0.2, 0.25) is 5.91 Å². The molecule has 3 atom stereocenters. The summed E-state index contributed by atoms with van der Waals surface area (Å²) in [5.74, 6) is 0.241. The molecule has 3 rings (SSSR count). The molecule has 1 aliphatic heterocycles. The first-order valence-electron chi connectivity index (χ1n) is 9.49. The van der Waals surface area contributed by atoms with Gasteiger partial charge in [-0.2, -0.15) is 0 Å². The van der Waals surface area contributed by atoms with Gasteiger partial charge in [-0.05, 0) is 43.5 Å². The Bertz CT molecular complexity index is 770. The van der Waals surface area contributed by atoms with Crippen molar-refractivity contribution in [3.8, 4) is 0 Å². The molecule has 2 amide bonds. The number of amides is 2. The Balaban J connectivity index is 0.00000280. The minimum Gasteiger partial charge on any atom is -0.345 e. The Morgan fingerprint density at radius 1 is 1.11 bits per heavy atom. The Labute approximate surface area is 172 Å². The fraction of sp³-hybridized carbons (Fsp3) is 0.364. The largest absolute Gasteiger partial charge is 0.345 e. The summed E-state index contributed by atoms with van der Waals surface area (Å²) in [7, 11) is 0. The molecule has 3 N–H and O–H groups in total. The number of hydrogen-bond acceptors (Lipinski definition) is 3. The minimum absolute atomic E-state index is 0. The van der Waals surface area contributed by atoms with Crippen LogP contribution in [0.2, 0.25) is 0 Å². The molecule has 28 heavy (non-hydrogen) atoms. The molecule has 0 radical (unpaired) electrons. The van der Waals surface area contributed by atoms with Gasteiger partial charge in [0.1, 0.15) is 0 Å². The number of hydrogen-bond donors (Lipinski definition) is 2. The summed E-state index contributed by atoms with van der Waals surface area (Å²) < 4.78 is 0. The number of nitrogens with one attached hydrogen (secondary N) is 1. The van der Waals surface area contributed by atoms with Gasteiger partial charge in [-0.3, -0.25) is 9.59 Å². The first-order chi connectivity index (χ1) is 13.1. The SMILES string of the molecule is CC1CC(CN)CN1C(=O)CC(NC(=O)c1ccccc1)c1ccccc1.Cl. The molecule has 3 unspecified atom stereocenters. The Hall–Kier alpha value is -2.37. The quantitative estimate of drug-likeness (QED) is 0.780. The first kappa shape index (κ1) is 21.9. The van der Waals surface area contributed by atoms with Crippen LogP contribution in [0.25, 0.3) is 0 Å². The second-order valence-electron chi connectivity index (χ2n) is 7.24. The van der Waals surface area contributed by atoms with E-state index in [4.69, 9.17) is 5.73 Å². The highest BCUT2D eigenvalue weighted by Gasteiger charge is 2.33. The molecule has 150 valence electrons. The Kier molecular flexibility index (Phi) is 8.03. The van der Waals surface area contributed by atoms with Crippen molar-refractivity contribution in [1.29, 1.82) is 0 Å². The van der Waals surface area contributed by atoms with E-state index in [1.165, 1.54) is 0 Å². The molecule has 6 heteroatoms. The lowest BCUT2D eigenvalue weighted by Crippen LogP contribution is -2.38. The van der Waals surface area contributed by atoms with Crippen molar-refractivity contribution in [3.05, 3.63) is 71.8 Å². The van der Waals surface area contributed by atoms with Crippen molar-refractivity contribution in [3.63, 3.8) is 0 Å². The van der Waals surface area contributed by atoms with Crippen LogP contribution in [-0.4, -0.2) is 35.8 Å².